The average Bonchev–Trinajstić information content (AvgIpc) is 3.72. The van der Waals surface area contributed by atoms with Crippen LogP contribution < -0.4 is 9.64 Å². The van der Waals surface area contributed by atoms with Gasteiger partial charge in [-0.25, -0.2) is 14.2 Å². The first-order valence-corrected chi connectivity index (χ1v) is 15.7. The summed E-state index contributed by atoms with van der Waals surface area (Å²) in [4.78, 5) is 33.7. The van der Waals surface area contributed by atoms with Crippen molar-refractivity contribution in [3.8, 4) is 6.01 Å². The number of anilines is 1. The van der Waals surface area contributed by atoms with Gasteiger partial charge in [-0.1, -0.05) is 11.6 Å². The summed E-state index contributed by atoms with van der Waals surface area (Å²) in [5.74, 6) is -0.142. The van der Waals surface area contributed by atoms with Crippen LogP contribution in [0, 0.1) is 5.82 Å². The fraction of sp³-hybridized carbons (Fsp3) is 0.733. The molecule has 5 aliphatic rings. The molecule has 0 aromatic carbocycles. The van der Waals surface area contributed by atoms with E-state index in [0.717, 1.165) is 64.5 Å². The van der Waals surface area contributed by atoms with Crippen molar-refractivity contribution in [3.05, 3.63) is 17.2 Å². The maximum Gasteiger partial charge on any atom is 0.411 e. The maximum absolute atomic E-state index is 15.4. The van der Waals surface area contributed by atoms with Crippen molar-refractivity contribution in [3.63, 3.8) is 0 Å². The van der Waals surface area contributed by atoms with Crippen molar-refractivity contribution in [1.82, 2.24) is 24.8 Å². The van der Waals surface area contributed by atoms with Crippen molar-refractivity contribution in [1.29, 1.82) is 0 Å². The van der Waals surface area contributed by atoms with E-state index < -0.39 is 17.0 Å². The number of carbonyl (C=O) groups excluding carboxylic acids is 1. The van der Waals surface area contributed by atoms with Crippen molar-refractivity contribution in [2.24, 2.45) is 0 Å². The van der Waals surface area contributed by atoms with Gasteiger partial charge in [0.15, 0.2) is 11.0 Å². The summed E-state index contributed by atoms with van der Waals surface area (Å²) < 4.78 is 33.9. The highest BCUT2D eigenvalue weighted by Crippen LogP contribution is 2.47. The zero-order valence-corrected chi connectivity index (χ0v) is 25.5. The molecule has 7 rings (SSSR count). The lowest BCUT2D eigenvalue weighted by Crippen LogP contribution is -2.68. The van der Waals surface area contributed by atoms with Gasteiger partial charge in [-0.15, -0.1) is 0 Å². The lowest BCUT2D eigenvalue weighted by Gasteiger charge is -2.51. The van der Waals surface area contributed by atoms with Gasteiger partial charge in [0.1, 0.15) is 23.5 Å². The molecule has 0 aliphatic carbocycles. The average molecular weight is 603 g/mol. The Balaban J connectivity index is 1.26. The summed E-state index contributed by atoms with van der Waals surface area (Å²) in [5, 5.41) is 0.235. The van der Waals surface area contributed by atoms with Gasteiger partial charge in [0.25, 0.3) is 0 Å². The molecule has 5 fully saturated rings. The molecule has 7 heterocycles. The van der Waals surface area contributed by atoms with E-state index in [1.165, 1.54) is 6.20 Å². The molecule has 1 amide bonds. The first-order valence-electron chi connectivity index (χ1n) is 15.4. The normalized spacial score (nSPS) is 29.0. The molecule has 0 radical (unpaired) electrons. The van der Waals surface area contributed by atoms with Crippen LogP contribution in [0.25, 0.3) is 10.9 Å². The Morgan fingerprint density at radius 1 is 1.17 bits per heavy atom. The second-order valence-electron chi connectivity index (χ2n) is 13.7. The number of carbonyl (C=O) groups is 1. The second kappa shape index (κ2) is 10.3. The zero-order valence-electron chi connectivity index (χ0n) is 24.7. The van der Waals surface area contributed by atoms with E-state index in [4.69, 9.17) is 30.8 Å². The number of aromatic nitrogens is 3. The van der Waals surface area contributed by atoms with Crippen molar-refractivity contribution >= 4 is 34.4 Å². The smallest absolute Gasteiger partial charge is 0.411 e. The van der Waals surface area contributed by atoms with E-state index in [1.54, 1.807) is 0 Å². The fourth-order valence-corrected chi connectivity index (χ4v) is 8.33. The molecule has 5 aliphatic heterocycles. The summed E-state index contributed by atoms with van der Waals surface area (Å²) in [6.07, 6.45) is 8.98. The van der Waals surface area contributed by atoms with Crippen LogP contribution in [-0.2, 0) is 9.47 Å². The van der Waals surface area contributed by atoms with Crippen LogP contribution in [0.5, 0.6) is 6.01 Å². The first kappa shape index (κ1) is 28.3. The summed E-state index contributed by atoms with van der Waals surface area (Å²) in [5.41, 5.74) is -1.12. The van der Waals surface area contributed by atoms with Gasteiger partial charge in [0.05, 0.1) is 28.6 Å². The molecule has 0 N–H and O–H groups in total. The molecule has 10 nitrogen and oxygen atoms in total. The highest BCUT2D eigenvalue weighted by molar-refractivity contribution is 6.30. The molecule has 3 unspecified atom stereocenters. The van der Waals surface area contributed by atoms with Crippen molar-refractivity contribution in [2.45, 2.75) is 101 Å². The van der Waals surface area contributed by atoms with Crippen LogP contribution in [0.3, 0.4) is 0 Å². The van der Waals surface area contributed by atoms with E-state index in [-0.39, 0.29) is 40.5 Å². The Hall–Kier alpha value is -2.50. The fourth-order valence-electron chi connectivity index (χ4n) is 8.19. The van der Waals surface area contributed by atoms with Gasteiger partial charge >= 0.3 is 12.1 Å². The number of halogens is 2. The number of rotatable bonds is 5. The molecule has 2 aromatic heterocycles. The molecule has 5 saturated heterocycles. The predicted molar refractivity (Wildman–Crippen MR) is 156 cm³/mol. The number of ether oxygens (including phenoxy) is 3. The highest BCUT2D eigenvalue weighted by atomic mass is 35.5. The predicted octanol–water partition coefficient (Wildman–Crippen LogP) is 4.96. The molecule has 3 atom stereocenters. The molecular formula is C30H40ClFN6O4. The maximum atomic E-state index is 15.4. The van der Waals surface area contributed by atoms with E-state index >= 15 is 4.39 Å². The highest BCUT2D eigenvalue weighted by Gasteiger charge is 2.59. The standard InChI is InChI=1S/C30H40ClFN6O4/c1-28(2,3)42-27(39)38-19-8-11-30(38,21-7-4-14-40-21)17-36(16-19)25-20-15-33-24(31)22(32)23(20)34-26(35-25)41-18-29-9-5-12-37(29)13-6-10-29/h15,19,21H,4-14,16-18H2,1-3H3. The first-order chi connectivity index (χ1) is 20.1. The Morgan fingerprint density at radius 3 is 2.67 bits per heavy atom. The number of hydrogen-bond donors (Lipinski definition) is 0. The topological polar surface area (TPSA) is 93.1 Å². The van der Waals surface area contributed by atoms with Crippen LogP contribution in [0.1, 0.15) is 72.1 Å². The Morgan fingerprint density at radius 2 is 1.95 bits per heavy atom. The van der Waals surface area contributed by atoms with Gasteiger partial charge < -0.3 is 19.1 Å². The van der Waals surface area contributed by atoms with E-state index in [2.05, 4.69) is 19.8 Å². The summed E-state index contributed by atoms with van der Waals surface area (Å²) in [6, 6.07) is 0.0293. The zero-order chi connectivity index (χ0) is 29.3. The van der Waals surface area contributed by atoms with Crippen molar-refractivity contribution < 1.29 is 23.4 Å². The Bertz CT molecular complexity index is 1370. The van der Waals surface area contributed by atoms with Gasteiger partial charge in [-0.3, -0.25) is 9.80 Å². The summed E-state index contributed by atoms with van der Waals surface area (Å²) in [7, 11) is 0. The van der Waals surface area contributed by atoms with Gasteiger partial charge in [0.2, 0.25) is 0 Å². The van der Waals surface area contributed by atoms with Gasteiger partial charge in [-0.05, 0) is 85.2 Å². The number of pyridine rings is 1. The Labute approximate surface area is 250 Å². The van der Waals surface area contributed by atoms with Crippen LogP contribution in [0.15, 0.2) is 6.20 Å². The molecule has 0 spiro atoms. The molecule has 42 heavy (non-hydrogen) atoms. The minimum absolute atomic E-state index is 0.00503. The summed E-state index contributed by atoms with van der Waals surface area (Å²) >= 11 is 6.12. The SMILES string of the molecule is CC(C)(C)OC(=O)N1C2CCC1(C1CCCO1)CN(c1nc(OCC34CCCN3CCC4)nc3c(F)c(Cl)ncc13)C2. The minimum Gasteiger partial charge on any atom is -0.461 e. The number of amides is 1. The van der Waals surface area contributed by atoms with Gasteiger partial charge in [-0.2, -0.15) is 9.97 Å². The lowest BCUT2D eigenvalue weighted by molar-refractivity contribution is -0.0556. The van der Waals surface area contributed by atoms with E-state index in [0.29, 0.717) is 37.5 Å². The number of nitrogens with zero attached hydrogens (tertiary/aromatic N) is 6. The van der Waals surface area contributed by atoms with Crippen LogP contribution >= 0.6 is 11.6 Å². The molecule has 2 aromatic rings. The quantitative estimate of drug-likeness (QED) is 0.440. The van der Waals surface area contributed by atoms with Gasteiger partial charge in [0, 0.05) is 25.9 Å². The van der Waals surface area contributed by atoms with E-state index in [1.807, 2.05) is 25.7 Å². The lowest BCUT2D eigenvalue weighted by atomic mass is 9.86. The summed E-state index contributed by atoms with van der Waals surface area (Å²) in [6.45, 7) is 9.95. The van der Waals surface area contributed by atoms with Crippen LogP contribution in [0.4, 0.5) is 15.0 Å². The molecular weight excluding hydrogens is 563 g/mol. The Kier molecular flexibility index (Phi) is 6.94. The van der Waals surface area contributed by atoms with Crippen LogP contribution in [-0.4, -0.2) is 99.1 Å². The third-order valence-corrected chi connectivity index (χ3v) is 10.2. The molecule has 228 valence electrons. The largest absolute Gasteiger partial charge is 0.461 e. The third kappa shape index (κ3) is 4.66. The number of hydrogen-bond acceptors (Lipinski definition) is 9. The van der Waals surface area contributed by atoms with Crippen LogP contribution in [0.2, 0.25) is 5.15 Å². The number of fused-ring (bicyclic) bond motifs is 4. The second-order valence-corrected chi connectivity index (χ2v) is 14.0. The molecule has 12 heteroatoms. The minimum atomic E-state index is -0.687. The third-order valence-electron chi connectivity index (χ3n) is 9.95. The number of piperazine rings is 1. The monoisotopic (exact) mass is 602 g/mol. The van der Waals surface area contributed by atoms with Crippen molar-refractivity contribution in [2.75, 3.05) is 44.3 Å². The van der Waals surface area contributed by atoms with E-state index in [9.17, 15) is 4.79 Å². The molecule has 2 bridgehead atoms. The molecule has 0 saturated carbocycles.